The van der Waals surface area contributed by atoms with Crippen LogP contribution in [0.3, 0.4) is 0 Å². The SMILES string of the molecule is COc1ccc(NCc2cnc(Cl)s2)cc1-c1ccccc1. The van der Waals surface area contributed by atoms with Crippen LogP contribution in [0.15, 0.2) is 54.7 Å². The van der Waals surface area contributed by atoms with Crippen LogP contribution in [0.1, 0.15) is 4.88 Å². The Kier molecular flexibility index (Phi) is 4.61. The first-order valence-corrected chi connectivity index (χ1v) is 8.03. The molecule has 1 N–H and O–H groups in total. The third kappa shape index (κ3) is 3.40. The highest BCUT2D eigenvalue weighted by Crippen LogP contribution is 2.32. The van der Waals surface area contributed by atoms with Gasteiger partial charge in [-0.05, 0) is 23.8 Å². The molecule has 0 aliphatic heterocycles. The molecule has 3 rings (SSSR count). The van der Waals surface area contributed by atoms with Gasteiger partial charge in [-0.1, -0.05) is 41.9 Å². The average molecular weight is 331 g/mol. The number of rotatable bonds is 5. The summed E-state index contributed by atoms with van der Waals surface area (Å²) in [7, 11) is 1.69. The molecule has 0 fully saturated rings. The fraction of sp³-hybridized carbons (Fsp3) is 0.118. The lowest BCUT2D eigenvalue weighted by atomic mass is 10.0. The molecule has 112 valence electrons. The van der Waals surface area contributed by atoms with E-state index in [2.05, 4.69) is 28.5 Å². The number of benzene rings is 2. The number of nitrogens with one attached hydrogen (secondary N) is 1. The first kappa shape index (κ1) is 14.9. The lowest BCUT2D eigenvalue weighted by Crippen LogP contribution is -1.98. The van der Waals surface area contributed by atoms with Crippen molar-refractivity contribution in [2.24, 2.45) is 0 Å². The maximum absolute atomic E-state index is 5.85. The summed E-state index contributed by atoms with van der Waals surface area (Å²) >= 11 is 7.33. The lowest BCUT2D eigenvalue weighted by molar-refractivity contribution is 0.416. The van der Waals surface area contributed by atoms with Crippen molar-refractivity contribution in [3.05, 3.63) is 64.1 Å². The molecule has 5 heteroatoms. The van der Waals surface area contributed by atoms with E-state index in [0.29, 0.717) is 11.0 Å². The Morgan fingerprint density at radius 1 is 1.18 bits per heavy atom. The van der Waals surface area contributed by atoms with Crippen molar-refractivity contribution in [2.75, 3.05) is 12.4 Å². The van der Waals surface area contributed by atoms with E-state index in [1.165, 1.54) is 11.3 Å². The van der Waals surface area contributed by atoms with Crippen LogP contribution in [0, 0.1) is 0 Å². The van der Waals surface area contributed by atoms with Gasteiger partial charge in [0.05, 0.1) is 13.7 Å². The van der Waals surface area contributed by atoms with E-state index in [1.807, 2.05) is 30.3 Å². The zero-order valence-electron chi connectivity index (χ0n) is 12.0. The summed E-state index contributed by atoms with van der Waals surface area (Å²) in [5.41, 5.74) is 3.23. The number of hydrogen-bond acceptors (Lipinski definition) is 4. The van der Waals surface area contributed by atoms with Crippen molar-refractivity contribution in [3.8, 4) is 16.9 Å². The molecule has 0 aliphatic rings. The summed E-state index contributed by atoms with van der Waals surface area (Å²) in [5.74, 6) is 0.859. The summed E-state index contributed by atoms with van der Waals surface area (Å²) < 4.78 is 6.03. The average Bonchev–Trinajstić information content (AvgIpc) is 2.99. The normalized spacial score (nSPS) is 10.5. The maximum Gasteiger partial charge on any atom is 0.183 e. The van der Waals surface area contributed by atoms with Crippen molar-refractivity contribution in [2.45, 2.75) is 6.54 Å². The van der Waals surface area contributed by atoms with Crippen LogP contribution in [0.5, 0.6) is 5.75 Å². The fourth-order valence-corrected chi connectivity index (χ4v) is 3.13. The molecule has 0 aliphatic carbocycles. The van der Waals surface area contributed by atoms with Crippen molar-refractivity contribution in [3.63, 3.8) is 0 Å². The zero-order valence-corrected chi connectivity index (χ0v) is 13.6. The van der Waals surface area contributed by atoms with Crippen LogP contribution < -0.4 is 10.1 Å². The van der Waals surface area contributed by atoms with Crippen LogP contribution in [-0.2, 0) is 6.54 Å². The maximum atomic E-state index is 5.85. The summed E-state index contributed by atoms with van der Waals surface area (Å²) in [6, 6.07) is 16.3. The minimum atomic E-state index is 0.566. The largest absolute Gasteiger partial charge is 0.496 e. The summed E-state index contributed by atoms with van der Waals surface area (Å²) in [6.07, 6.45) is 1.79. The van der Waals surface area contributed by atoms with Crippen LogP contribution in [-0.4, -0.2) is 12.1 Å². The Bertz CT molecular complexity index is 758. The van der Waals surface area contributed by atoms with Gasteiger partial charge in [0, 0.05) is 22.3 Å². The number of hydrogen-bond donors (Lipinski definition) is 1. The fourth-order valence-electron chi connectivity index (χ4n) is 2.22. The molecule has 0 bridgehead atoms. The highest BCUT2D eigenvalue weighted by Gasteiger charge is 2.07. The van der Waals surface area contributed by atoms with Gasteiger partial charge in [-0.25, -0.2) is 4.98 Å². The van der Waals surface area contributed by atoms with E-state index in [4.69, 9.17) is 16.3 Å². The first-order chi connectivity index (χ1) is 10.8. The predicted molar refractivity (Wildman–Crippen MR) is 92.9 cm³/mol. The van der Waals surface area contributed by atoms with Crippen LogP contribution >= 0.6 is 22.9 Å². The molecular weight excluding hydrogens is 316 g/mol. The van der Waals surface area contributed by atoms with Gasteiger partial charge in [0.15, 0.2) is 4.47 Å². The van der Waals surface area contributed by atoms with Gasteiger partial charge in [-0.15, -0.1) is 11.3 Å². The van der Waals surface area contributed by atoms with E-state index in [0.717, 1.165) is 27.4 Å². The molecule has 3 aromatic rings. The molecule has 3 nitrogen and oxygen atoms in total. The van der Waals surface area contributed by atoms with Gasteiger partial charge in [0.2, 0.25) is 0 Å². The standard InChI is InChI=1S/C17H15ClN2OS/c1-21-16-8-7-13(19-10-14-11-20-17(18)22-14)9-15(16)12-5-3-2-4-6-12/h2-9,11,19H,10H2,1H3. The quantitative estimate of drug-likeness (QED) is 0.708. The molecule has 1 aromatic heterocycles. The molecule has 0 amide bonds. The first-order valence-electron chi connectivity index (χ1n) is 6.84. The van der Waals surface area contributed by atoms with Gasteiger partial charge >= 0.3 is 0 Å². The molecule has 2 aromatic carbocycles. The Balaban J connectivity index is 1.84. The summed E-state index contributed by atoms with van der Waals surface area (Å²) in [4.78, 5) is 5.14. The van der Waals surface area contributed by atoms with Crippen molar-refractivity contribution < 1.29 is 4.74 Å². The molecule has 22 heavy (non-hydrogen) atoms. The highest BCUT2D eigenvalue weighted by molar-refractivity contribution is 7.15. The highest BCUT2D eigenvalue weighted by atomic mass is 35.5. The lowest BCUT2D eigenvalue weighted by Gasteiger charge is -2.12. The second-order valence-electron chi connectivity index (χ2n) is 4.71. The van der Waals surface area contributed by atoms with E-state index >= 15 is 0 Å². The van der Waals surface area contributed by atoms with E-state index in [-0.39, 0.29) is 0 Å². The Morgan fingerprint density at radius 3 is 2.68 bits per heavy atom. The minimum absolute atomic E-state index is 0.566. The van der Waals surface area contributed by atoms with Gasteiger partial charge in [-0.3, -0.25) is 0 Å². The van der Waals surface area contributed by atoms with Crippen molar-refractivity contribution >= 4 is 28.6 Å². The van der Waals surface area contributed by atoms with E-state index in [9.17, 15) is 0 Å². The van der Waals surface area contributed by atoms with Crippen LogP contribution in [0.2, 0.25) is 4.47 Å². The predicted octanol–water partition coefficient (Wildman–Crippen LogP) is 5.08. The van der Waals surface area contributed by atoms with Crippen molar-refractivity contribution in [1.82, 2.24) is 4.98 Å². The van der Waals surface area contributed by atoms with Gasteiger partial charge in [0.1, 0.15) is 5.75 Å². The van der Waals surface area contributed by atoms with Gasteiger partial charge in [-0.2, -0.15) is 0 Å². The Labute approximate surface area is 138 Å². The number of thiazole rings is 1. The number of methoxy groups -OCH3 is 1. The zero-order chi connectivity index (χ0) is 15.4. The van der Waals surface area contributed by atoms with Crippen LogP contribution in [0.25, 0.3) is 11.1 Å². The second-order valence-corrected chi connectivity index (χ2v) is 6.41. The molecule has 0 saturated heterocycles. The second kappa shape index (κ2) is 6.81. The molecular formula is C17H15ClN2OS. The third-order valence-corrected chi connectivity index (χ3v) is 4.39. The summed E-state index contributed by atoms with van der Waals surface area (Å²) in [6.45, 7) is 0.699. The van der Waals surface area contributed by atoms with Crippen molar-refractivity contribution in [1.29, 1.82) is 0 Å². The van der Waals surface area contributed by atoms with E-state index in [1.54, 1.807) is 13.3 Å². The third-order valence-electron chi connectivity index (χ3n) is 3.28. The topological polar surface area (TPSA) is 34.1 Å². The number of ether oxygens (including phenoxy) is 1. The summed E-state index contributed by atoms with van der Waals surface area (Å²) in [5, 5.41) is 3.39. The van der Waals surface area contributed by atoms with E-state index < -0.39 is 0 Å². The molecule has 0 atom stereocenters. The molecule has 0 spiro atoms. The monoisotopic (exact) mass is 330 g/mol. The van der Waals surface area contributed by atoms with Crippen LogP contribution in [0.4, 0.5) is 5.69 Å². The Hall–Kier alpha value is -2.04. The molecule has 0 saturated carbocycles. The number of aromatic nitrogens is 1. The smallest absolute Gasteiger partial charge is 0.183 e. The molecule has 1 heterocycles. The minimum Gasteiger partial charge on any atom is -0.496 e. The Morgan fingerprint density at radius 2 is 2.00 bits per heavy atom. The molecule has 0 radical (unpaired) electrons. The number of halogens is 1. The van der Waals surface area contributed by atoms with Gasteiger partial charge < -0.3 is 10.1 Å². The number of nitrogens with zero attached hydrogens (tertiary/aromatic N) is 1. The van der Waals surface area contributed by atoms with Gasteiger partial charge in [0.25, 0.3) is 0 Å². The molecule has 0 unspecified atom stereocenters. The number of anilines is 1.